The second-order valence-corrected chi connectivity index (χ2v) is 8.55. The van der Waals surface area contributed by atoms with Crippen LogP contribution in [0.15, 0.2) is 24.3 Å². The number of anilines is 1. The van der Waals surface area contributed by atoms with Gasteiger partial charge in [-0.3, -0.25) is 9.59 Å². The van der Waals surface area contributed by atoms with Gasteiger partial charge >= 0.3 is 0 Å². The predicted molar refractivity (Wildman–Crippen MR) is 111 cm³/mol. The van der Waals surface area contributed by atoms with Crippen molar-refractivity contribution in [2.24, 2.45) is 0 Å². The maximum atomic E-state index is 13.4. The molecule has 0 spiro atoms. The number of fused-ring (bicyclic) bond motifs is 1. The molecule has 0 saturated carbocycles. The van der Waals surface area contributed by atoms with Crippen molar-refractivity contribution in [3.8, 4) is 0 Å². The number of rotatable bonds is 3. The number of carbonyl (C=O) groups excluding carboxylic acids is 2. The first-order valence-electron chi connectivity index (χ1n) is 10.0. The predicted octanol–water partition coefficient (Wildman–Crippen LogP) is 4.05. The fraction of sp³-hybridized carbons (Fsp3) is 0.455. The molecular weight excluding hydrogens is 372 g/mol. The van der Waals surface area contributed by atoms with Crippen molar-refractivity contribution >= 4 is 28.2 Å². The van der Waals surface area contributed by atoms with Crippen LogP contribution in [0, 0.1) is 6.92 Å². The Morgan fingerprint density at radius 2 is 1.82 bits per heavy atom. The van der Waals surface area contributed by atoms with E-state index in [0.717, 1.165) is 36.8 Å². The van der Waals surface area contributed by atoms with Gasteiger partial charge in [-0.05, 0) is 49.8 Å². The van der Waals surface area contributed by atoms with Crippen LogP contribution in [-0.2, 0) is 17.6 Å². The molecule has 2 aliphatic rings. The summed E-state index contributed by atoms with van der Waals surface area (Å²) < 4.78 is 5.40. The van der Waals surface area contributed by atoms with Crippen LogP contribution in [0.1, 0.15) is 56.0 Å². The lowest BCUT2D eigenvalue weighted by molar-refractivity contribution is 0.0303. The lowest BCUT2D eigenvalue weighted by Gasteiger charge is -2.27. The average Bonchev–Trinajstić information content (AvgIpc) is 2.88. The van der Waals surface area contributed by atoms with E-state index in [0.29, 0.717) is 42.4 Å². The van der Waals surface area contributed by atoms with Crippen LogP contribution in [0.3, 0.4) is 0 Å². The summed E-state index contributed by atoms with van der Waals surface area (Å²) in [5.74, 6) is -0.117. The quantitative estimate of drug-likeness (QED) is 0.794. The lowest BCUT2D eigenvalue weighted by Crippen LogP contribution is -2.41. The zero-order valence-corrected chi connectivity index (χ0v) is 17.1. The van der Waals surface area contributed by atoms with Gasteiger partial charge in [0.1, 0.15) is 5.00 Å². The molecule has 6 heteroatoms. The van der Waals surface area contributed by atoms with Crippen LogP contribution in [0.25, 0.3) is 0 Å². The Morgan fingerprint density at radius 1 is 1.07 bits per heavy atom. The summed E-state index contributed by atoms with van der Waals surface area (Å²) in [6.45, 7) is 4.29. The van der Waals surface area contributed by atoms with Crippen LogP contribution in [-0.4, -0.2) is 43.0 Å². The number of hydrogen-bond acceptors (Lipinski definition) is 4. The van der Waals surface area contributed by atoms with Gasteiger partial charge in [0.05, 0.1) is 18.8 Å². The number of amides is 2. The van der Waals surface area contributed by atoms with E-state index in [1.165, 1.54) is 11.3 Å². The third kappa shape index (κ3) is 3.84. The molecule has 2 heterocycles. The number of hydrogen-bond donors (Lipinski definition) is 1. The summed E-state index contributed by atoms with van der Waals surface area (Å²) in [6.07, 6.45) is 5.33. The minimum atomic E-state index is -0.148. The number of morpholine rings is 1. The number of nitrogens with zero attached hydrogens (tertiary/aromatic N) is 1. The molecule has 1 aromatic carbocycles. The normalized spacial score (nSPS) is 17.0. The number of thiophene rings is 1. The molecule has 0 unspecified atom stereocenters. The fourth-order valence-corrected chi connectivity index (χ4v) is 5.26. The highest BCUT2D eigenvalue weighted by Gasteiger charge is 2.29. The molecular formula is C22H26N2O3S. The van der Waals surface area contributed by atoms with E-state index in [-0.39, 0.29) is 11.8 Å². The Morgan fingerprint density at radius 3 is 2.61 bits per heavy atom. The van der Waals surface area contributed by atoms with Crippen LogP contribution >= 0.6 is 11.3 Å². The lowest BCUT2D eigenvalue weighted by atomic mass is 10.0. The number of nitrogens with one attached hydrogen (secondary N) is 1. The smallest absolute Gasteiger partial charge is 0.257 e. The van der Waals surface area contributed by atoms with Gasteiger partial charge in [-0.25, -0.2) is 0 Å². The zero-order valence-electron chi connectivity index (χ0n) is 16.3. The molecule has 2 aromatic rings. The van der Waals surface area contributed by atoms with Crippen molar-refractivity contribution in [2.75, 3.05) is 31.6 Å². The summed E-state index contributed by atoms with van der Waals surface area (Å²) in [5.41, 5.74) is 3.44. The van der Waals surface area contributed by atoms with Crippen LogP contribution in [0.5, 0.6) is 0 Å². The van der Waals surface area contributed by atoms with Crippen LogP contribution in [0.4, 0.5) is 5.00 Å². The highest BCUT2D eigenvalue weighted by atomic mass is 32.1. The maximum Gasteiger partial charge on any atom is 0.257 e. The summed E-state index contributed by atoms with van der Waals surface area (Å²) in [6, 6.07) is 7.54. The standard InChI is InChI=1S/C22H26N2O3S/c1-15-7-5-6-8-16(15)20(25)23-21-19(22(26)24-11-13-27-14-12-24)17-9-3-2-4-10-18(17)28-21/h5-8H,2-4,9-14H2,1H3,(H,23,25). The van der Waals surface area contributed by atoms with Gasteiger partial charge in [0.15, 0.2) is 0 Å². The minimum Gasteiger partial charge on any atom is -0.378 e. The van der Waals surface area contributed by atoms with Gasteiger partial charge in [-0.15, -0.1) is 11.3 Å². The van der Waals surface area contributed by atoms with E-state index in [2.05, 4.69) is 5.32 Å². The Bertz CT molecular complexity index is 884. The second-order valence-electron chi connectivity index (χ2n) is 7.44. The van der Waals surface area contributed by atoms with Gasteiger partial charge in [-0.2, -0.15) is 0 Å². The Labute approximate surface area is 169 Å². The first-order chi connectivity index (χ1) is 13.6. The SMILES string of the molecule is Cc1ccccc1C(=O)Nc1sc2c(c1C(=O)N1CCOCC1)CCCCC2. The summed E-state index contributed by atoms with van der Waals surface area (Å²) >= 11 is 1.59. The van der Waals surface area contributed by atoms with Crippen LogP contribution < -0.4 is 5.32 Å². The maximum absolute atomic E-state index is 13.4. The molecule has 2 amide bonds. The highest BCUT2D eigenvalue weighted by Crippen LogP contribution is 2.38. The Balaban J connectivity index is 1.69. The molecule has 1 fully saturated rings. The summed E-state index contributed by atoms with van der Waals surface area (Å²) in [5, 5.41) is 3.77. The first kappa shape index (κ1) is 19.2. The zero-order chi connectivity index (χ0) is 19.5. The third-order valence-corrected chi connectivity index (χ3v) is 6.76. The Kier molecular flexibility index (Phi) is 5.78. The van der Waals surface area contributed by atoms with E-state index in [9.17, 15) is 9.59 Å². The van der Waals surface area contributed by atoms with E-state index in [1.807, 2.05) is 36.1 Å². The molecule has 1 aliphatic carbocycles. The molecule has 1 aliphatic heterocycles. The molecule has 0 bridgehead atoms. The van der Waals surface area contributed by atoms with E-state index >= 15 is 0 Å². The van der Waals surface area contributed by atoms with Crippen molar-refractivity contribution in [3.63, 3.8) is 0 Å². The molecule has 4 rings (SSSR count). The molecule has 0 atom stereocenters. The minimum absolute atomic E-state index is 0.0304. The summed E-state index contributed by atoms with van der Waals surface area (Å²) in [4.78, 5) is 29.4. The van der Waals surface area contributed by atoms with Gasteiger partial charge < -0.3 is 15.0 Å². The van der Waals surface area contributed by atoms with Crippen molar-refractivity contribution in [1.29, 1.82) is 0 Å². The largest absolute Gasteiger partial charge is 0.378 e. The summed E-state index contributed by atoms with van der Waals surface area (Å²) in [7, 11) is 0. The van der Waals surface area contributed by atoms with E-state index < -0.39 is 0 Å². The van der Waals surface area contributed by atoms with Crippen molar-refractivity contribution in [2.45, 2.75) is 39.0 Å². The topological polar surface area (TPSA) is 58.6 Å². The molecule has 1 N–H and O–H groups in total. The van der Waals surface area contributed by atoms with Crippen molar-refractivity contribution < 1.29 is 14.3 Å². The molecule has 1 saturated heterocycles. The van der Waals surface area contributed by atoms with Gasteiger partial charge in [0.2, 0.25) is 0 Å². The number of benzene rings is 1. The monoisotopic (exact) mass is 398 g/mol. The van der Waals surface area contributed by atoms with Crippen molar-refractivity contribution in [3.05, 3.63) is 51.4 Å². The van der Waals surface area contributed by atoms with Gasteiger partial charge in [-0.1, -0.05) is 24.6 Å². The van der Waals surface area contributed by atoms with Gasteiger partial charge in [0.25, 0.3) is 11.8 Å². The molecule has 148 valence electrons. The van der Waals surface area contributed by atoms with Crippen LogP contribution in [0.2, 0.25) is 0 Å². The second kappa shape index (κ2) is 8.45. The van der Waals surface area contributed by atoms with Gasteiger partial charge in [0, 0.05) is 23.5 Å². The van der Waals surface area contributed by atoms with E-state index in [1.54, 1.807) is 11.3 Å². The molecule has 0 radical (unpaired) electrons. The number of carbonyl (C=O) groups is 2. The molecule has 1 aromatic heterocycles. The molecule has 5 nitrogen and oxygen atoms in total. The highest BCUT2D eigenvalue weighted by molar-refractivity contribution is 7.17. The Hall–Kier alpha value is -2.18. The first-order valence-corrected chi connectivity index (χ1v) is 10.9. The fourth-order valence-electron chi connectivity index (χ4n) is 3.98. The van der Waals surface area contributed by atoms with E-state index in [4.69, 9.17) is 4.74 Å². The third-order valence-electron chi connectivity index (χ3n) is 5.55. The number of aryl methyl sites for hydroxylation is 2. The molecule has 28 heavy (non-hydrogen) atoms. The number of ether oxygens (including phenoxy) is 1. The average molecular weight is 399 g/mol. The van der Waals surface area contributed by atoms with Crippen molar-refractivity contribution in [1.82, 2.24) is 4.90 Å².